The molecule has 0 fully saturated rings. The Labute approximate surface area is 118 Å². The van der Waals surface area contributed by atoms with Crippen LogP contribution in [-0.2, 0) is 4.79 Å². The minimum Gasteiger partial charge on any atom is -0.491 e. The Morgan fingerprint density at radius 2 is 2.05 bits per heavy atom. The summed E-state index contributed by atoms with van der Waals surface area (Å²) in [4.78, 5) is 22.0. The first-order valence-electron chi connectivity index (χ1n) is 6.37. The van der Waals surface area contributed by atoms with Crippen molar-refractivity contribution in [1.29, 1.82) is 0 Å². The highest BCUT2D eigenvalue weighted by Gasteiger charge is 2.07. The summed E-state index contributed by atoms with van der Waals surface area (Å²) in [5.41, 5.74) is 6.51. The number of aliphatic carboxylic acids is 1. The highest BCUT2D eigenvalue weighted by Crippen LogP contribution is 2.23. The monoisotopic (exact) mass is 277 g/mol. The second-order valence-corrected chi connectivity index (χ2v) is 4.82. The van der Waals surface area contributed by atoms with Crippen LogP contribution in [0.3, 0.4) is 0 Å². The molecule has 1 aromatic rings. The molecule has 0 aromatic heterocycles. The molecule has 1 rings (SSSR count). The topological polar surface area (TPSA) is 89.6 Å². The number of ether oxygens (including phenoxy) is 1. The number of carboxylic acids is 1. The predicted molar refractivity (Wildman–Crippen MR) is 76.9 cm³/mol. The third-order valence-electron chi connectivity index (χ3n) is 2.62. The van der Waals surface area contributed by atoms with Gasteiger partial charge in [0.15, 0.2) is 5.78 Å². The number of anilines is 1. The van der Waals surface area contributed by atoms with E-state index in [0.29, 0.717) is 29.5 Å². The van der Waals surface area contributed by atoms with E-state index in [4.69, 9.17) is 15.6 Å². The van der Waals surface area contributed by atoms with Crippen LogP contribution >= 0.6 is 0 Å². The van der Waals surface area contributed by atoms with Crippen molar-refractivity contribution in [2.45, 2.75) is 20.3 Å². The molecule has 20 heavy (non-hydrogen) atoms. The summed E-state index contributed by atoms with van der Waals surface area (Å²) in [6.45, 7) is 4.76. The van der Waals surface area contributed by atoms with Gasteiger partial charge in [0.05, 0.1) is 12.3 Å². The number of hydrogen-bond acceptors (Lipinski definition) is 4. The second-order valence-electron chi connectivity index (χ2n) is 4.82. The van der Waals surface area contributed by atoms with Crippen molar-refractivity contribution >= 4 is 17.4 Å². The summed E-state index contributed by atoms with van der Waals surface area (Å²) in [7, 11) is 0. The van der Waals surface area contributed by atoms with E-state index >= 15 is 0 Å². The molecule has 0 atom stereocenters. The number of benzene rings is 1. The zero-order chi connectivity index (χ0) is 15.1. The zero-order valence-corrected chi connectivity index (χ0v) is 11.6. The van der Waals surface area contributed by atoms with Crippen LogP contribution in [0.1, 0.15) is 30.6 Å². The summed E-state index contributed by atoms with van der Waals surface area (Å²) in [6.07, 6.45) is 2.71. The van der Waals surface area contributed by atoms with Gasteiger partial charge in [-0.25, -0.2) is 4.79 Å². The Balaban J connectivity index is 2.72. The molecule has 5 heteroatoms. The van der Waals surface area contributed by atoms with E-state index in [-0.39, 0.29) is 0 Å². The minimum absolute atomic E-state index is 0.330. The number of carboxylic acid groups (broad SMARTS) is 1. The molecule has 1 aromatic carbocycles. The molecule has 0 aliphatic carbocycles. The van der Waals surface area contributed by atoms with Gasteiger partial charge in [-0.2, -0.15) is 0 Å². The van der Waals surface area contributed by atoms with Gasteiger partial charge in [0.2, 0.25) is 0 Å². The Morgan fingerprint density at radius 1 is 1.35 bits per heavy atom. The maximum atomic E-state index is 11.7. The lowest BCUT2D eigenvalue weighted by molar-refractivity contribution is -0.131. The van der Waals surface area contributed by atoms with Gasteiger partial charge < -0.3 is 15.6 Å². The average Bonchev–Trinajstić information content (AvgIpc) is 2.37. The van der Waals surface area contributed by atoms with Gasteiger partial charge in [-0.3, -0.25) is 4.79 Å². The number of nitrogens with two attached hydrogens (primary N) is 1. The summed E-state index contributed by atoms with van der Waals surface area (Å²) in [5, 5.41) is 8.47. The average molecular weight is 277 g/mol. The molecule has 3 N–H and O–H groups in total. The van der Waals surface area contributed by atoms with E-state index in [2.05, 4.69) is 13.8 Å². The summed E-state index contributed by atoms with van der Waals surface area (Å²) < 4.78 is 5.53. The quantitative estimate of drug-likeness (QED) is 0.454. The van der Waals surface area contributed by atoms with Crippen LogP contribution in [0.5, 0.6) is 5.75 Å². The molecule has 0 aliphatic heterocycles. The van der Waals surface area contributed by atoms with E-state index < -0.39 is 11.8 Å². The van der Waals surface area contributed by atoms with Crippen molar-refractivity contribution in [3.63, 3.8) is 0 Å². The zero-order valence-electron chi connectivity index (χ0n) is 11.6. The summed E-state index contributed by atoms with van der Waals surface area (Å²) >= 11 is 0. The van der Waals surface area contributed by atoms with Crippen LogP contribution in [0.25, 0.3) is 0 Å². The lowest BCUT2D eigenvalue weighted by atomic mass is 10.1. The number of carbonyl (C=O) groups is 2. The summed E-state index contributed by atoms with van der Waals surface area (Å²) in [5.74, 6) is -0.504. The molecule has 0 heterocycles. The molecule has 0 radical (unpaired) electrons. The van der Waals surface area contributed by atoms with Crippen LogP contribution in [-0.4, -0.2) is 23.5 Å². The number of rotatable bonds is 7. The lowest BCUT2D eigenvalue weighted by Crippen LogP contribution is -2.04. The summed E-state index contributed by atoms with van der Waals surface area (Å²) in [6, 6.07) is 4.67. The molecule has 0 saturated heterocycles. The highest BCUT2D eigenvalue weighted by molar-refractivity contribution is 6.07. The highest BCUT2D eigenvalue weighted by atomic mass is 16.5. The van der Waals surface area contributed by atoms with Gasteiger partial charge in [-0.15, -0.1) is 0 Å². The Kier molecular flexibility index (Phi) is 5.77. The van der Waals surface area contributed by atoms with Crippen molar-refractivity contribution < 1.29 is 19.4 Å². The predicted octanol–water partition coefficient (Wildman–Crippen LogP) is 2.52. The third kappa shape index (κ3) is 5.14. The molecular weight excluding hydrogens is 258 g/mol. The van der Waals surface area contributed by atoms with E-state index in [9.17, 15) is 9.59 Å². The van der Waals surface area contributed by atoms with Crippen LogP contribution in [0.2, 0.25) is 0 Å². The van der Waals surface area contributed by atoms with Crippen molar-refractivity contribution in [3.05, 3.63) is 35.9 Å². The molecule has 0 unspecified atom stereocenters. The van der Waals surface area contributed by atoms with Crippen LogP contribution in [0.4, 0.5) is 5.69 Å². The van der Waals surface area contributed by atoms with Gasteiger partial charge in [-0.05, 0) is 36.6 Å². The van der Waals surface area contributed by atoms with Crippen LogP contribution < -0.4 is 10.5 Å². The molecule has 0 amide bonds. The van der Waals surface area contributed by atoms with Crippen molar-refractivity contribution in [3.8, 4) is 5.75 Å². The maximum Gasteiger partial charge on any atom is 0.328 e. The standard InChI is InChI=1S/C15H19NO4/c1-10(2)7-8-20-14-5-3-11(9-12(14)16)13(17)4-6-15(18)19/h3-6,9-10H,7-8,16H2,1-2H3,(H,18,19)/b6-4+. The smallest absolute Gasteiger partial charge is 0.328 e. The van der Waals surface area contributed by atoms with Crippen LogP contribution in [0, 0.1) is 5.92 Å². The molecular formula is C15H19NO4. The number of nitrogen functional groups attached to an aromatic ring is 1. The molecule has 0 aliphatic rings. The number of allylic oxidation sites excluding steroid dienone is 1. The van der Waals surface area contributed by atoms with Crippen LogP contribution in [0.15, 0.2) is 30.4 Å². The molecule has 0 saturated carbocycles. The van der Waals surface area contributed by atoms with Gasteiger partial charge >= 0.3 is 5.97 Å². The van der Waals surface area contributed by atoms with Gasteiger partial charge in [0.25, 0.3) is 0 Å². The number of hydrogen-bond donors (Lipinski definition) is 2. The molecule has 0 bridgehead atoms. The van der Waals surface area contributed by atoms with E-state index in [1.807, 2.05) is 0 Å². The fourth-order valence-corrected chi connectivity index (χ4v) is 1.48. The second kappa shape index (κ2) is 7.33. The van der Waals surface area contributed by atoms with Crippen molar-refractivity contribution in [1.82, 2.24) is 0 Å². The molecule has 0 spiro atoms. The largest absolute Gasteiger partial charge is 0.491 e. The molecule has 5 nitrogen and oxygen atoms in total. The minimum atomic E-state index is -1.17. The fraction of sp³-hybridized carbons (Fsp3) is 0.333. The third-order valence-corrected chi connectivity index (χ3v) is 2.62. The van der Waals surface area contributed by atoms with E-state index in [0.717, 1.165) is 18.6 Å². The Bertz CT molecular complexity index is 521. The van der Waals surface area contributed by atoms with E-state index in [1.165, 1.54) is 6.07 Å². The van der Waals surface area contributed by atoms with Crippen molar-refractivity contribution in [2.24, 2.45) is 5.92 Å². The molecule has 108 valence electrons. The maximum absolute atomic E-state index is 11.7. The lowest BCUT2D eigenvalue weighted by Gasteiger charge is -2.10. The normalized spacial score (nSPS) is 10.9. The number of ketones is 1. The van der Waals surface area contributed by atoms with Gasteiger partial charge in [0.1, 0.15) is 5.75 Å². The van der Waals surface area contributed by atoms with Gasteiger partial charge in [-0.1, -0.05) is 13.8 Å². The van der Waals surface area contributed by atoms with Gasteiger partial charge in [0, 0.05) is 11.6 Å². The SMILES string of the molecule is CC(C)CCOc1ccc(C(=O)/C=C/C(=O)O)cc1N. The number of carbonyl (C=O) groups excluding carboxylic acids is 1. The Morgan fingerprint density at radius 3 is 2.60 bits per heavy atom. The Hall–Kier alpha value is -2.30. The first-order valence-corrected chi connectivity index (χ1v) is 6.37. The van der Waals surface area contributed by atoms with E-state index in [1.54, 1.807) is 12.1 Å². The first kappa shape index (κ1) is 15.8. The fourth-order valence-electron chi connectivity index (χ4n) is 1.48. The van der Waals surface area contributed by atoms with Crippen molar-refractivity contribution in [2.75, 3.05) is 12.3 Å². The first-order chi connectivity index (χ1) is 9.40.